The van der Waals surface area contributed by atoms with Crippen LogP contribution in [-0.4, -0.2) is 37.0 Å². The van der Waals surface area contributed by atoms with Crippen molar-refractivity contribution in [3.05, 3.63) is 0 Å². The van der Waals surface area contributed by atoms with Gasteiger partial charge in [0.1, 0.15) is 0 Å². The summed E-state index contributed by atoms with van der Waals surface area (Å²) in [6, 6.07) is 0. The molecule has 0 radical (unpaired) electrons. The Morgan fingerprint density at radius 3 is 2.92 bits per heavy atom. The zero-order valence-corrected chi connectivity index (χ0v) is 9.22. The maximum atomic E-state index is 11.2. The number of amides is 1. The van der Waals surface area contributed by atoms with Gasteiger partial charge in [0.25, 0.3) is 0 Å². The lowest BCUT2D eigenvalue weighted by Crippen LogP contribution is -2.48. The van der Waals surface area contributed by atoms with Crippen molar-refractivity contribution in [2.24, 2.45) is 0 Å². The quantitative estimate of drug-likeness (QED) is 0.787. The third-order valence-corrected chi connectivity index (χ3v) is 1.97. The fourth-order valence-corrected chi connectivity index (χ4v) is 1.23. The first-order valence-electron chi connectivity index (χ1n) is 4.33. The van der Waals surface area contributed by atoms with Gasteiger partial charge in [0.2, 0.25) is 5.91 Å². The maximum Gasteiger partial charge on any atom is 0.236 e. The molecule has 0 saturated carbocycles. The molecular formula is C8H17BrN2O. The highest BCUT2D eigenvalue weighted by molar-refractivity contribution is 8.93. The second-order valence-corrected chi connectivity index (χ2v) is 2.91. The number of carbonyl (C=O) groups is 1. The molecule has 3 nitrogen and oxygen atoms in total. The highest BCUT2D eigenvalue weighted by Gasteiger charge is 2.15. The van der Waals surface area contributed by atoms with Crippen molar-refractivity contribution in [2.45, 2.75) is 19.8 Å². The van der Waals surface area contributed by atoms with Gasteiger partial charge in [-0.1, -0.05) is 13.3 Å². The molecule has 0 bridgehead atoms. The number of nitrogens with zero attached hydrogens (tertiary/aromatic N) is 1. The average molecular weight is 237 g/mol. The van der Waals surface area contributed by atoms with Crippen LogP contribution in [0.2, 0.25) is 0 Å². The second kappa shape index (κ2) is 6.43. The van der Waals surface area contributed by atoms with Crippen molar-refractivity contribution < 1.29 is 4.79 Å². The van der Waals surface area contributed by atoms with E-state index in [0.717, 1.165) is 32.5 Å². The van der Waals surface area contributed by atoms with Crippen LogP contribution in [0.4, 0.5) is 0 Å². The number of unbranched alkanes of at least 4 members (excludes halogenated alkanes) is 1. The van der Waals surface area contributed by atoms with Crippen molar-refractivity contribution >= 4 is 22.9 Å². The van der Waals surface area contributed by atoms with E-state index in [1.807, 2.05) is 4.90 Å². The normalized spacial score (nSPS) is 17.4. The summed E-state index contributed by atoms with van der Waals surface area (Å²) in [4.78, 5) is 13.1. The van der Waals surface area contributed by atoms with E-state index in [4.69, 9.17) is 0 Å². The van der Waals surface area contributed by atoms with E-state index in [0.29, 0.717) is 6.54 Å². The van der Waals surface area contributed by atoms with Gasteiger partial charge >= 0.3 is 0 Å². The van der Waals surface area contributed by atoms with E-state index < -0.39 is 0 Å². The van der Waals surface area contributed by atoms with Crippen LogP contribution in [0.1, 0.15) is 19.8 Å². The molecule has 0 atom stereocenters. The minimum Gasteiger partial charge on any atom is -0.340 e. The molecule has 0 unspecified atom stereocenters. The summed E-state index contributed by atoms with van der Waals surface area (Å²) >= 11 is 0. The van der Waals surface area contributed by atoms with Crippen LogP contribution in [0.5, 0.6) is 0 Å². The van der Waals surface area contributed by atoms with Gasteiger partial charge < -0.3 is 10.2 Å². The Balaban J connectivity index is 0.00000121. The van der Waals surface area contributed by atoms with Gasteiger partial charge in [0.15, 0.2) is 0 Å². The number of hydrogen-bond donors (Lipinski definition) is 1. The zero-order chi connectivity index (χ0) is 8.10. The second-order valence-electron chi connectivity index (χ2n) is 2.91. The van der Waals surface area contributed by atoms with Gasteiger partial charge in [-0.2, -0.15) is 0 Å². The van der Waals surface area contributed by atoms with E-state index in [9.17, 15) is 4.79 Å². The highest BCUT2D eigenvalue weighted by atomic mass is 79.9. The Labute approximate surface area is 84.3 Å². The molecule has 0 aromatic rings. The van der Waals surface area contributed by atoms with Crippen LogP contribution in [0.3, 0.4) is 0 Å². The SMILES string of the molecule is Br.CCCCN1CCNCC1=O. The van der Waals surface area contributed by atoms with E-state index in [-0.39, 0.29) is 22.9 Å². The van der Waals surface area contributed by atoms with Gasteiger partial charge in [0, 0.05) is 19.6 Å². The summed E-state index contributed by atoms with van der Waals surface area (Å²) in [6.45, 7) is 5.46. The molecule has 1 aliphatic rings. The minimum atomic E-state index is 0. The molecule has 12 heavy (non-hydrogen) atoms. The van der Waals surface area contributed by atoms with Crippen molar-refractivity contribution in [1.29, 1.82) is 0 Å². The number of carbonyl (C=O) groups excluding carboxylic acids is 1. The Morgan fingerprint density at radius 2 is 2.33 bits per heavy atom. The monoisotopic (exact) mass is 236 g/mol. The fourth-order valence-electron chi connectivity index (χ4n) is 1.23. The summed E-state index contributed by atoms with van der Waals surface area (Å²) in [7, 11) is 0. The van der Waals surface area contributed by atoms with E-state index in [1.165, 1.54) is 0 Å². The molecule has 0 spiro atoms. The number of rotatable bonds is 3. The van der Waals surface area contributed by atoms with Crippen LogP contribution in [-0.2, 0) is 4.79 Å². The van der Waals surface area contributed by atoms with Crippen molar-refractivity contribution in [2.75, 3.05) is 26.2 Å². The largest absolute Gasteiger partial charge is 0.340 e. The predicted octanol–water partition coefficient (Wildman–Crippen LogP) is 0.796. The maximum absolute atomic E-state index is 11.2. The van der Waals surface area contributed by atoms with Gasteiger partial charge in [-0.25, -0.2) is 0 Å². The summed E-state index contributed by atoms with van der Waals surface area (Å²) in [5.74, 6) is 0.254. The molecule has 72 valence electrons. The van der Waals surface area contributed by atoms with E-state index in [2.05, 4.69) is 12.2 Å². The van der Waals surface area contributed by atoms with Crippen LogP contribution in [0.25, 0.3) is 0 Å². The number of halogens is 1. The molecule has 1 heterocycles. The topological polar surface area (TPSA) is 32.3 Å². The Bertz CT molecular complexity index is 141. The molecule has 0 aromatic carbocycles. The Kier molecular flexibility index (Phi) is 6.38. The third kappa shape index (κ3) is 3.54. The molecule has 0 aliphatic carbocycles. The Hall–Kier alpha value is -0.0900. The summed E-state index contributed by atoms with van der Waals surface area (Å²) in [5.41, 5.74) is 0. The van der Waals surface area contributed by atoms with Crippen LogP contribution < -0.4 is 5.32 Å². The van der Waals surface area contributed by atoms with Crippen LogP contribution >= 0.6 is 17.0 Å². The molecule has 1 N–H and O–H groups in total. The molecule has 1 amide bonds. The lowest BCUT2D eigenvalue weighted by molar-refractivity contribution is -0.131. The van der Waals surface area contributed by atoms with Crippen molar-refractivity contribution in [3.8, 4) is 0 Å². The van der Waals surface area contributed by atoms with E-state index in [1.54, 1.807) is 0 Å². The molecule has 0 aromatic heterocycles. The fraction of sp³-hybridized carbons (Fsp3) is 0.875. The van der Waals surface area contributed by atoms with Crippen molar-refractivity contribution in [1.82, 2.24) is 10.2 Å². The van der Waals surface area contributed by atoms with Gasteiger partial charge in [-0.3, -0.25) is 4.79 Å². The van der Waals surface area contributed by atoms with Crippen molar-refractivity contribution in [3.63, 3.8) is 0 Å². The number of hydrogen-bond acceptors (Lipinski definition) is 2. The number of nitrogens with one attached hydrogen (secondary N) is 1. The first kappa shape index (κ1) is 11.9. The average Bonchev–Trinajstić information content (AvgIpc) is 2.03. The van der Waals surface area contributed by atoms with E-state index >= 15 is 0 Å². The minimum absolute atomic E-state index is 0. The number of piperazine rings is 1. The predicted molar refractivity (Wildman–Crippen MR) is 54.7 cm³/mol. The Morgan fingerprint density at radius 1 is 1.58 bits per heavy atom. The molecule has 1 saturated heterocycles. The van der Waals surface area contributed by atoms with Gasteiger partial charge in [-0.15, -0.1) is 17.0 Å². The van der Waals surface area contributed by atoms with Gasteiger partial charge in [0.05, 0.1) is 6.54 Å². The highest BCUT2D eigenvalue weighted by Crippen LogP contribution is 1.97. The molecule has 4 heteroatoms. The molecular weight excluding hydrogens is 220 g/mol. The first-order chi connectivity index (χ1) is 5.34. The van der Waals surface area contributed by atoms with Crippen LogP contribution in [0.15, 0.2) is 0 Å². The summed E-state index contributed by atoms with van der Waals surface area (Å²) in [6.07, 6.45) is 2.29. The summed E-state index contributed by atoms with van der Waals surface area (Å²) < 4.78 is 0. The molecule has 1 rings (SSSR count). The standard InChI is InChI=1S/C8H16N2O.BrH/c1-2-3-5-10-6-4-9-7-8(10)11;/h9H,2-7H2,1H3;1H. The van der Waals surface area contributed by atoms with Gasteiger partial charge in [-0.05, 0) is 6.42 Å². The van der Waals surface area contributed by atoms with Crippen LogP contribution in [0, 0.1) is 0 Å². The zero-order valence-electron chi connectivity index (χ0n) is 7.51. The summed E-state index contributed by atoms with van der Waals surface area (Å²) in [5, 5.41) is 3.05. The third-order valence-electron chi connectivity index (χ3n) is 1.97. The molecule has 1 aliphatic heterocycles. The molecule has 1 fully saturated rings. The lowest BCUT2D eigenvalue weighted by Gasteiger charge is -2.27. The first-order valence-corrected chi connectivity index (χ1v) is 4.33. The lowest BCUT2D eigenvalue weighted by atomic mass is 10.3. The smallest absolute Gasteiger partial charge is 0.236 e.